The van der Waals surface area contributed by atoms with Crippen molar-refractivity contribution < 1.29 is 19.8 Å². The summed E-state index contributed by atoms with van der Waals surface area (Å²) in [7, 11) is 0. The molecule has 1 saturated carbocycles. The maximum Gasteiger partial charge on any atom is 0.315 e. The van der Waals surface area contributed by atoms with Crippen LogP contribution in [0, 0.1) is 5.92 Å². The molecular weight excluding hydrogens is 210 g/mol. The number of amides is 1. The van der Waals surface area contributed by atoms with Crippen LogP contribution in [0.2, 0.25) is 0 Å². The van der Waals surface area contributed by atoms with Crippen molar-refractivity contribution in [3.8, 4) is 0 Å². The third-order valence-electron chi connectivity index (χ3n) is 3.10. The maximum atomic E-state index is 11.9. The van der Waals surface area contributed by atoms with Crippen molar-refractivity contribution in [1.82, 2.24) is 4.90 Å². The van der Waals surface area contributed by atoms with Crippen LogP contribution in [0.5, 0.6) is 0 Å². The molecule has 0 spiro atoms. The fraction of sp³-hybridized carbons (Fsp3) is 0.818. The summed E-state index contributed by atoms with van der Waals surface area (Å²) in [4.78, 5) is 24.3. The normalized spacial score (nSPS) is 17.6. The summed E-state index contributed by atoms with van der Waals surface area (Å²) in [5.41, 5.74) is 0. The summed E-state index contributed by atoms with van der Waals surface area (Å²) in [6.07, 6.45) is 3.50. The minimum atomic E-state index is -1.08. The van der Waals surface area contributed by atoms with Gasteiger partial charge in [-0.25, -0.2) is 0 Å². The molecule has 2 N–H and O–H groups in total. The molecule has 1 fully saturated rings. The number of rotatable bonds is 6. The van der Waals surface area contributed by atoms with Crippen LogP contribution in [-0.2, 0) is 9.59 Å². The van der Waals surface area contributed by atoms with Crippen molar-refractivity contribution in [2.75, 3.05) is 13.2 Å². The zero-order valence-electron chi connectivity index (χ0n) is 9.56. The number of carboxylic acids is 1. The van der Waals surface area contributed by atoms with Crippen molar-refractivity contribution in [2.24, 2.45) is 5.92 Å². The van der Waals surface area contributed by atoms with Gasteiger partial charge in [0.25, 0.3) is 0 Å². The average Bonchev–Trinajstić information content (AvgIpc) is 2.18. The number of hydrogen-bond acceptors (Lipinski definition) is 3. The first-order valence-electron chi connectivity index (χ1n) is 5.72. The van der Waals surface area contributed by atoms with E-state index in [1.807, 2.05) is 0 Å². The van der Waals surface area contributed by atoms with Crippen LogP contribution in [0.15, 0.2) is 0 Å². The highest BCUT2D eigenvalue weighted by Crippen LogP contribution is 2.26. The lowest BCUT2D eigenvalue weighted by molar-refractivity contribution is -0.152. The van der Waals surface area contributed by atoms with Crippen molar-refractivity contribution >= 4 is 11.9 Å². The first kappa shape index (κ1) is 13.0. The third-order valence-corrected chi connectivity index (χ3v) is 3.10. The standard InChI is InChI=1S/C11H19NO4/c1-8(11(15)16)10(14)12(6-3-7-13)9-4-2-5-9/h8-9,13H,2-7H2,1H3,(H,15,16). The molecule has 0 aromatic rings. The maximum absolute atomic E-state index is 11.9. The second kappa shape index (κ2) is 5.84. The van der Waals surface area contributed by atoms with Gasteiger partial charge in [0, 0.05) is 19.2 Å². The highest BCUT2D eigenvalue weighted by atomic mass is 16.4. The minimum absolute atomic E-state index is 0.0257. The predicted molar refractivity (Wildman–Crippen MR) is 57.9 cm³/mol. The van der Waals surface area contributed by atoms with Crippen molar-refractivity contribution in [3.63, 3.8) is 0 Å². The van der Waals surface area contributed by atoms with E-state index in [1.54, 1.807) is 4.90 Å². The number of aliphatic hydroxyl groups excluding tert-OH is 1. The number of hydrogen-bond donors (Lipinski definition) is 2. The van der Waals surface area contributed by atoms with Gasteiger partial charge in [0.05, 0.1) is 0 Å². The second-order valence-electron chi connectivity index (χ2n) is 4.25. The molecule has 92 valence electrons. The molecule has 16 heavy (non-hydrogen) atoms. The molecule has 1 atom stereocenters. The highest BCUT2D eigenvalue weighted by Gasteiger charge is 2.33. The van der Waals surface area contributed by atoms with Crippen LogP contribution in [0.1, 0.15) is 32.6 Å². The molecular formula is C11H19NO4. The van der Waals surface area contributed by atoms with Gasteiger partial charge in [0.2, 0.25) is 5.91 Å². The Kier molecular flexibility index (Phi) is 4.73. The Balaban J connectivity index is 2.59. The topological polar surface area (TPSA) is 77.8 Å². The largest absolute Gasteiger partial charge is 0.481 e. The van der Waals surface area contributed by atoms with Gasteiger partial charge in [0.15, 0.2) is 0 Å². The number of carbonyl (C=O) groups is 2. The Labute approximate surface area is 95.1 Å². The summed E-state index contributed by atoms with van der Waals surface area (Å²) in [5, 5.41) is 17.6. The summed E-state index contributed by atoms with van der Waals surface area (Å²) in [6.45, 7) is 1.89. The van der Waals surface area contributed by atoms with Gasteiger partial charge in [-0.1, -0.05) is 0 Å². The van der Waals surface area contributed by atoms with Crippen molar-refractivity contribution in [3.05, 3.63) is 0 Å². The molecule has 0 radical (unpaired) electrons. The summed E-state index contributed by atoms with van der Waals surface area (Å²) in [5.74, 6) is -2.40. The molecule has 1 aliphatic carbocycles. The van der Waals surface area contributed by atoms with E-state index in [1.165, 1.54) is 6.92 Å². The lowest BCUT2D eigenvalue weighted by Gasteiger charge is -2.38. The van der Waals surface area contributed by atoms with Gasteiger partial charge in [-0.15, -0.1) is 0 Å². The first-order chi connectivity index (χ1) is 7.57. The Bertz CT molecular complexity index is 263. The molecule has 0 bridgehead atoms. The Hall–Kier alpha value is -1.10. The molecule has 1 rings (SSSR count). The van der Waals surface area contributed by atoms with Gasteiger partial charge in [-0.2, -0.15) is 0 Å². The van der Waals surface area contributed by atoms with Crippen LogP contribution < -0.4 is 0 Å². The molecule has 5 heteroatoms. The smallest absolute Gasteiger partial charge is 0.315 e. The van der Waals surface area contributed by atoms with Gasteiger partial charge < -0.3 is 15.1 Å². The zero-order chi connectivity index (χ0) is 12.1. The quantitative estimate of drug-likeness (QED) is 0.649. The fourth-order valence-corrected chi connectivity index (χ4v) is 1.77. The molecule has 0 aliphatic heterocycles. The summed E-state index contributed by atoms with van der Waals surface area (Å²) >= 11 is 0. The van der Waals surface area contributed by atoms with Crippen LogP contribution >= 0.6 is 0 Å². The van der Waals surface area contributed by atoms with Crippen molar-refractivity contribution in [2.45, 2.75) is 38.6 Å². The van der Waals surface area contributed by atoms with Crippen molar-refractivity contribution in [1.29, 1.82) is 0 Å². The Morgan fingerprint density at radius 3 is 2.44 bits per heavy atom. The number of aliphatic hydroxyl groups is 1. The number of carboxylic acid groups (broad SMARTS) is 1. The monoisotopic (exact) mass is 229 g/mol. The molecule has 0 aromatic carbocycles. The van der Waals surface area contributed by atoms with E-state index >= 15 is 0 Å². The van der Waals surface area contributed by atoms with Gasteiger partial charge in [-0.3, -0.25) is 9.59 Å². The number of aliphatic carboxylic acids is 1. The van der Waals surface area contributed by atoms with E-state index < -0.39 is 11.9 Å². The van der Waals surface area contributed by atoms with E-state index in [2.05, 4.69) is 0 Å². The molecule has 1 aliphatic rings. The first-order valence-corrected chi connectivity index (χ1v) is 5.72. The Morgan fingerprint density at radius 2 is 2.06 bits per heavy atom. The van der Waals surface area contributed by atoms with Crippen LogP contribution in [0.4, 0.5) is 0 Å². The summed E-state index contributed by atoms with van der Waals surface area (Å²) < 4.78 is 0. The van der Waals surface area contributed by atoms with E-state index in [9.17, 15) is 9.59 Å². The Morgan fingerprint density at radius 1 is 1.44 bits per heavy atom. The third kappa shape index (κ3) is 2.95. The molecule has 5 nitrogen and oxygen atoms in total. The molecule has 0 heterocycles. The SMILES string of the molecule is CC(C(=O)O)C(=O)N(CCCO)C1CCC1. The summed E-state index contributed by atoms with van der Waals surface area (Å²) in [6, 6.07) is 0.181. The zero-order valence-corrected chi connectivity index (χ0v) is 9.56. The van der Waals surface area contributed by atoms with E-state index in [0.717, 1.165) is 19.3 Å². The van der Waals surface area contributed by atoms with Crippen LogP contribution in [-0.4, -0.2) is 46.2 Å². The van der Waals surface area contributed by atoms with E-state index in [0.29, 0.717) is 13.0 Å². The lowest BCUT2D eigenvalue weighted by atomic mass is 9.90. The van der Waals surface area contributed by atoms with Crippen LogP contribution in [0.25, 0.3) is 0 Å². The van der Waals surface area contributed by atoms with Crippen LogP contribution in [0.3, 0.4) is 0 Å². The van der Waals surface area contributed by atoms with Gasteiger partial charge in [0.1, 0.15) is 5.92 Å². The second-order valence-corrected chi connectivity index (χ2v) is 4.25. The number of nitrogens with zero attached hydrogens (tertiary/aromatic N) is 1. The van der Waals surface area contributed by atoms with E-state index in [-0.39, 0.29) is 18.6 Å². The predicted octanol–water partition coefficient (Wildman–Crippen LogP) is 0.471. The molecule has 0 aromatic heterocycles. The highest BCUT2D eigenvalue weighted by molar-refractivity contribution is 5.96. The average molecular weight is 229 g/mol. The molecule has 1 amide bonds. The van der Waals surface area contributed by atoms with Gasteiger partial charge >= 0.3 is 5.97 Å². The number of carbonyl (C=O) groups excluding carboxylic acids is 1. The van der Waals surface area contributed by atoms with Gasteiger partial charge in [-0.05, 0) is 32.6 Å². The molecule has 0 saturated heterocycles. The minimum Gasteiger partial charge on any atom is -0.481 e. The molecule has 1 unspecified atom stereocenters. The fourth-order valence-electron chi connectivity index (χ4n) is 1.77. The lowest BCUT2D eigenvalue weighted by Crippen LogP contribution is -2.48. The van der Waals surface area contributed by atoms with E-state index in [4.69, 9.17) is 10.2 Å².